The zero-order valence-electron chi connectivity index (χ0n) is 15.8. The van der Waals surface area contributed by atoms with E-state index in [1.165, 1.54) is 37.7 Å². The smallest absolute Gasteiger partial charge is 0.128 e. The van der Waals surface area contributed by atoms with Gasteiger partial charge in [0.05, 0.1) is 0 Å². The van der Waals surface area contributed by atoms with E-state index in [0.29, 0.717) is 12.5 Å². The topological polar surface area (TPSA) is 46.0 Å². The van der Waals surface area contributed by atoms with Crippen LogP contribution in [0.2, 0.25) is 0 Å². The molecule has 0 radical (unpaired) electrons. The zero-order chi connectivity index (χ0) is 18.0. The van der Waals surface area contributed by atoms with E-state index in [9.17, 15) is 5.11 Å². The van der Waals surface area contributed by atoms with Crippen molar-refractivity contribution in [2.75, 3.05) is 6.61 Å². The van der Waals surface area contributed by atoms with Crippen LogP contribution in [0.25, 0.3) is 0 Å². The molecule has 1 heterocycles. The second-order valence-corrected chi connectivity index (χ2v) is 8.75. The largest absolute Gasteiger partial charge is 0.396 e. The van der Waals surface area contributed by atoms with E-state index >= 15 is 0 Å². The van der Waals surface area contributed by atoms with Gasteiger partial charge in [0.15, 0.2) is 0 Å². The zero-order valence-corrected chi connectivity index (χ0v) is 15.8. The summed E-state index contributed by atoms with van der Waals surface area (Å²) in [6.45, 7) is 2.55. The van der Waals surface area contributed by atoms with E-state index in [-0.39, 0.29) is 5.41 Å². The van der Waals surface area contributed by atoms with Crippen molar-refractivity contribution < 1.29 is 5.11 Å². The number of hydrogen-bond donors (Lipinski definition) is 1. The molecule has 3 heteroatoms. The van der Waals surface area contributed by atoms with Crippen LogP contribution in [0.15, 0.2) is 36.7 Å². The lowest BCUT2D eigenvalue weighted by atomic mass is 9.79. The van der Waals surface area contributed by atoms with Crippen molar-refractivity contribution in [2.45, 2.75) is 64.2 Å². The van der Waals surface area contributed by atoms with Crippen LogP contribution in [0.5, 0.6) is 0 Å². The Bertz CT molecular complexity index is 745. The third-order valence-electron chi connectivity index (χ3n) is 6.64. The van der Waals surface area contributed by atoms with Crippen molar-refractivity contribution in [1.82, 2.24) is 9.97 Å². The summed E-state index contributed by atoms with van der Waals surface area (Å²) in [6.07, 6.45) is 13.0. The molecular formula is C23H30N2O. The minimum absolute atomic E-state index is 0.130. The molecule has 2 aliphatic rings. The maximum Gasteiger partial charge on any atom is 0.128 e. The minimum atomic E-state index is 0.130. The number of aryl methyl sites for hydroxylation is 2. The van der Waals surface area contributed by atoms with Gasteiger partial charge >= 0.3 is 0 Å². The summed E-state index contributed by atoms with van der Waals surface area (Å²) >= 11 is 0. The van der Waals surface area contributed by atoms with E-state index in [4.69, 9.17) is 0 Å². The predicted octanol–water partition coefficient (Wildman–Crippen LogP) is 4.48. The van der Waals surface area contributed by atoms with E-state index in [2.05, 4.69) is 35.1 Å². The Balaban J connectivity index is 1.38. The lowest BCUT2D eigenvalue weighted by molar-refractivity contribution is 0.147. The van der Waals surface area contributed by atoms with Crippen LogP contribution >= 0.6 is 0 Å². The van der Waals surface area contributed by atoms with Gasteiger partial charge in [0, 0.05) is 25.4 Å². The van der Waals surface area contributed by atoms with Gasteiger partial charge in [-0.1, -0.05) is 25.1 Å². The predicted molar refractivity (Wildman–Crippen MR) is 104 cm³/mol. The van der Waals surface area contributed by atoms with Gasteiger partial charge in [0.1, 0.15) is 5.82 Å². The number of aliphatic hydroxyl groups excluding tert-OH is 1. The third-order valence-corrected chi connectivity index (χ3v) is 6.64. The molecule has 1 saturated carbocycles. The first-order valence-corrected chi connectivity index (χ1v) is 10.1. The summed E-state index contributed by atoms with van der Waals surface area (Å²) < 4.78 is 0. The maximum absolute atomic E-state index is 9.64. The van der Waals surface area contributed by atoms with Gasteiger partial charge in [-0.15, -0.1) is 0 Å². The van der Waals surface area contributed by atoms with Crippen LogP contribution in [-0.2, 0) is 19.3 Å². The van der Waals surface area contributed by atoms with Crippen molar-refractivity contribution in [3.05, 3.63) is 59.2 Å². The van der Waals surface area contributed by atoms with Gasteiger partial charge < -0.3 is 5.11 Å². The second-order valence-electron chi connectivity index (χ2n) is 8.75. The van der Waals surface area contributed by atoms with Crippen LogP contribution in [0.1, 0.15) is 67.5 Å². The molecule has 1 fully saturated rings. The standard InChI is InChI=1S/C23H30N2O/c1-23(16-26)10-9-21(15-23)20-7-6-18-13-17(3-5-19(18)14-20)4-8-22-24-11-2-12-25-22/h2,6-7,11-12,14,17,21,26H,3-5,8-10,13,15-16H2,1H3/t17-,21-,23-/m0/s1. The van der Waals surface area contributed by atoms with Gasteiger partial charge in [-0.2, -0.15) is 0 Å². The van der Waals surface area contributed by atoms with Crippen molar-refractivity contribution >= 4 is 0 Å². The summed E-state index contributed by atoms with van der Waals surface area (Å²) in [5.74, 6) is 2.36. The van der Waals surface area contributed by atoms with Crippen molar-refractivity contribution in [3.8, 4) is 0 Å². The first kappa shape index (κ1) is 17.7. The summed E-state index contributed by atoms with van der Waals surface area (Å²) in [4.78, 5) is 8.71. The van der Waals surface area contributed by atoms with Crippen molar-refractivity contribution in [2.24, 2.45) is 11.3 Å². The molecular weight excluding hydrogens is 320 g/mol. The fraction of sp³-hybridized carbons (Fsp3) is 0.565. The number of rotatable bonds is 5. The fourth-order valence-electron chi connectivity index (χ4n) is 4.89. The number of benzene rings is 1. The minimum Gasteiger partial charge on any atom is -0.396 e. The molecule has 138 valence electrons. The average molecular weight is 351 g/mol. The molecule has 0 aliphatic heterocycles. The summed E-state index contributed by atoms with van der Waals surface area (Å²) in [5.41, 5.74) is 4.73. The molecule has 1 aromatic heterocycles. The van der Waals surface area contributed by atoms with Gasteiger partial charge in [-0.05, 0) is 85.0 Å². The first-order chi connectivity index (χ1) is 12.6. The second kappa shape index (κ2) is 7.48. The fourth-order valence-corrected chi connectivity index (χ4v) is 4.89. The van der Waals surface area contributed by atoms with E-state index < -0.39 is 0 Å². The van der Waals surface area contributed by atoms with Crippen LogP contribution in [0.3, 0.4) is 0 Å². The van der Waals surface area contributed by atoms with Crippen molar-refractivity contribution in [3.63, 3.8) is 0 Å². The van der Waals surface area contributed by atoms with Crippen LogP contribution in [0, 0.1) is 11.3 Å². The molecule has 1 aromatic carbocycles. The van der Waals surface area contributed by atoms with Gasteiger partial charge in [-0.25, -0.2) is 9.97 Å². The Labute approximate surface area is 156 Å². The highest BCUT2D eigenvalue weighted by atomic mass is 16.3. The van der Waals surface area contributed by atoms with Crippen LogP contribution in [0.4, 0.5) is 0 Å². The lowest BCUT2D eigenvalue weighted by Crippen LogP contribution is -2.17. The number of fused-ring (bicyclic) bond motifs is 1. The SMILES string of the molecule is C[C@]1(CO)CC[C@H](c2ccc3c(c2)CC[C@@H](CCc2ncccn2)C3)C1. The Morgan fingerprint density at radius 3 is 2.77 bits per heavy atom. The van der Waals surface area contributed by atoms with Crippen molar-refractivity contribution in [1.29, 1.82) is 0 Å². The number of hydrogen-bond acceptors (Lipinski definition) is 3. The highest BCUT2D eigenvalue weighted by molar-refractivity contribution is 5.36. The Morgan fingerprint density at radius 1 is 1.15 bits per heavy atom. The molecule has 0 saturated heterocycles. The Kier molecular flexibility index (Phi) is 5.08. The lowest BCUT2D eigenvalue weighted by Gasteiger charge is -2.26. The normalized spacial score (nSPS) is 28.1. The molecule has 3 atom stereocenters. The van der Waals surface area contributed by atoms with Gasteiger partial charge in [0.25, 0.3) is 0 Å². The molecule has 1 N–H and O–H groups in total. The molecule has 3 nitrogen and oxygen atoms in total. The number of aromatic nitrogens is 2. The third kappa shape index (κ3) is 3.83. The Morgan fingerprint density at radius 2 is 2.00 bits per heavy atom. The van der Waals surface area contributed by atoms with Gasteiger partial charge in [0.2, 0.25) is 0 Å². The molecule has 2 aromatic rings. The molecule has 2 aliphatic carbocycles. The van der Waals surface area contributed by atoms with E-state index in [1.807, 2.05) is 18.5 Å². The summed E-state index contributed by atoms with van der Waals surface area (Å²) in [7, 11) is 0. The molecule has 0 amide bonds. The van der Waals surface area contributed by atoms with E-state index in [0.717, 1.165) is 31.0 Å². The molecule has 0 unspecified atom stereocenters. The first-order valence-electron chi connectivity index (χ1n) is 10.1. The number of aliphatic hydroxyl groups is 1. The molecule has 4 rings (SSSR count). The van der Waals surface area contributed by atoms with E-state index in [1.54, 1.807) is 11.1 Å². The monoisotopic (exact) mass is 350 g/mol. The summed E-state index contributed by atoms with van der Waals surface area (Å²) in [5, 5.41) is 9.64. The molecule has 26 heavy (non-hydrogen) atoms. The van der Waals surface area contributed by atoms with Crippen LogP contribution in [-0.4, -0.2) is 21.7 Å². The summed E-state index contributed by atoms with van der Waals surface area (Å²) in [6, 6.07) is 9.09. The average Bonchev–Trinajstić information content (AvgIpc) is 3.09. The highest BCUT2D eigenvalue weighted by Crippen LogP contribution is 2.46. The maximum atomic E-state index is 9.64. The Hall–Kier alpha value is -1.74. The van der Waals surface area contributed by atoms with Crippen LogP contribution < -0.4 is 0 Å². The highest BCUT2D eigenvalue weighted by Gasteiger charge is 2.35. The number of nitrogens with zero attached hydrogens (tertiary/aromatic N) is 2. The molecule has 0 spiro atoms. The molecule has 0 bridgehead atoms. The quantitative estimate of drug-likeness (QED) is 0.865. The van der Waals surface area contributed by atoms with Gasteiger partial charge in [-0.3, -0.25) is 0 Å².